The number of carbonyl (C=O) groups excluding carboxylic acids is 3. The highest BCUT2D eigenvalue weighted by molar-refractivity contribution is 6.76. The summed E-state index contributed by atoms with van der Waals surface area (Å²) in [7, 11) is -0.0679. The zero-order valence-electron chi connectivity index (χ0n) is 11.3. The molecule has 0 rings (SSSR count). The molecule has 0 aliphatic heterocycles. The van der Waals surface area contributed by atoms with E-state index in [0.717, 1.165) is 6.04 Å². The van der Waals surface area contributed by atoms with E-state index in [0.29, 0.717) is 12.9 Å². The first kappa shape index (κ1) is 16.6. The van der Waals surface area contributed by atoms with Crippen LogP contribution < -0.4 is 5.32 Å². The minimum absolute atomic E-state index is 0.129. The molecule has 0 heterocycles. The summed E-state index contributed by atoms with van der Waals surface area (Å²) >= 11 is 0. The molecule has 0 saturated heterocycles. The van der Waals surface area contributed by atoms with Crippen molar-refractivity contribution >= 4 is 26.4 Å². The van der Waals surface area contributed by atoms with Gasteiger partial charge in [0.05, 0.1) is 13.7 Å². The first-order valence-electron chi connectivity index (χ1n) is 5.75. The number of amides is 1. The Morgan fingerprint density at radius 2 is 1.94 bits per heavy atom. The third-order valence-corrected chi connectivity index (χ3v) is 3.90. The van der Waals surface area contributed by atoms with Gasteiger partial charge in [-0.2, -0.15) is 0 Å². The van der Waals surface area contributed by atoms with Gasteiger partial charge in [0, 0.05) is 14.5 Å². The minimum Gasteiger partial charge on any atom is -0.467 e. The molecule has 0 aliphatic carbocycles. The zero-order valence-corrected chi connectivity index (χ0v) is 12.3. The summed E-state index contributed by atoms with van der Waals surface area (Å²) in [5, 5.41) is 2.30. The van der Waals surface area contributed by atoms with Crippen molar-refractivity contribution in [3.63, 3.8) is 0 Å². The van der Waals surface area contributed by atoms with E-state index < -0.39 is 26.2 Å². The number of ether oxygens (including phenoxy) is 2. The van der Waals surface area contributed by atoms with Crippen molar-refractivity contribution in [1.29, 1.82) is 0 Å². The zero-order chi connectivity index (χ0) is 14.2. The van der Waals surface area contributed by atoms with Gasteiger partial charge in [-0.1, -0.05) is 19.6 Å². The molecule has 104 valence electrons. The van der Waals surface area contributed by atoms with Crippen LogP contribution in [0.25, 0.3) is 0 Å². The van der Waals surface area contributed by atoms with Crippen molar-refractivity contribution in [3.05, 3.63) is 0 Å². The summed E-state index contributed by atoms with van der Waals surface area (Å²) in [5.41, 5.74) is 0. The van der Waals surface area contributed by atoms with Crippen LogP contribution >= 0.6 is 0 Å². The van der Waals surface area contributed by atoms with Gasteiger partial charge >= 0.3 is 12.1 Å². The molecule has 0 aromatic carbocycles. The van der Waals surface area contributed by atoms with Crippen LogP contribution in [0.3, 0.4) is 0 Å². The van der Waals surface area contributed by atoms with Crippen LogP contribution in [0.15, 0.2) is 0 Å². The van der Waals surface area contributed by atoms with Crippen LogP contribution in [0, 0.1) is 0 Å². The molecule has 0 fully saturated rings. The number of hydrogen-bond donors (Lipinski definition) is 1. The van der Waals surface area contributed by atoms with Crippen molar-refractivity contribution in [2.45, 2.75) is 38.1 Å². The average Bonchev–Trinajstić information content (AvgIpc) is 2.25. The summed E-state index contributed by atoms with van der Waals surface area (Å²) in [5.74, 6) is -0.663. The highest BCUT2D eigenvalue weighted by Gasteiger charge is 2.22. The van der Waals surface area contributed by atoms with Gasteiger partial charge in [-0.25, -0.2) is 9.59 Å². The Bertz CT molecular complexity index is 300. The lowest BCUT2D eigenvalue weighted by molar-refractivity contribution is -0.143. The molecule has 0 radical (unpaired) electrons. The van der Waals surface area contributed by atoms with E-state index in [1.165, 1.54) is 7.11 Å². The second-order valence-electron chi connectivity index (χ2n) is 5.07. The number of nitrogens with one attached hydrogen (secondary N) is 1. The fourth-order valence-corrected chi connectivity index (χ4v) is 1.80. The van der Waals surface area contributed by atoms with Crippen molar-refractivity contribution < 1.29 is 23.9 Å². The van der Waals surface area contributed by atoms with Gasteiger partial charge in [0.25, 0.3) is 0 Å². The van der Waals surface area contributed by atoms with Crippen molar-refractivity contribution in [1.82, 2.24) is 5.32 Å². The molecular formula is C11H21NO5Si. The number of carbonyl (C=O) groups is 3. The highest BCUT2D eigenvalue weighted by Crippen LogP contribution is 2.07. The molecule has 0 aromatic rings. The molecule has 1 amide bonds. The largest absolute Gasteiger partial charge is 0.467 e. The van der Waals surface area contributed by atoms with Gasteiger partial charge in [-0.15, -0.1) is 0 Å². The minimum atomic E-state index is -1.26. The molecule has 7 heteroatoms. The number of rotatable bonds is 7. The van der Waals surface area contributed by atoms with Gasteiger partial charge in [0.2, 0.25) is 0 Å². The van der Waals surface area contributed by atoms with E-state index in [2.05, 4.69) is 29.7 Å². The van der Waals surface area contributed by atoms with Crippen LogP contribution in [0.5, 0.6) is 0 Å². The van der Waals surface area contributed by atoms with E-state index >= 15 is 0 Å². The lowest BCUT2D eigenvalue weighted by atomic mass is 10.2. The quantitative estimate of drug-likeness (QED) is 0.428. The van der Waals surface area contributed by atoms with Crippen molar-refractivity contribution in [3.8, 4) is 0 Å². The van der Waals surface area contributed by atoms with Crippen LogP contribution in [-0.4, -0.2) is 46.2 Å². The molecule has 1 atom stereocenters. The van der Waals surface area contributed by atoms with Crippen LogP contribution in [0.4, 0.5) is 4.79 Å². The summed E-state index contributed by atoms with van der Waals surface area (Å²) in [6, 6.07) is -0.136. The molecule has 1 N–H and O–H groups in total. The summed E-state index contributed by atoms with van der Waals surface area (Å²) in [6.07, 6.45) is -0.287. The first-order valence-corrected chi connectivity index (χ1v) is 9.45. The van der Waals surface area contributed by atoms with Gasteiger partial charge in [-0.05, 0) is 6.04 Å². The number of alkyl carbamates (subject to hydrolysis) is 1. The monoisotopic (exact) mass is 275 g/mol. The van der Waals surface area contributed by atoms with Crippen LogP contribution in [0.2, 0.25) is 25.7 Å². The van der Waals surface area contributed by atoms with E-state index in [1.807, 2.05) is 0 Å². The van der Waals surface area contributed by atoms with Gasteiger partial charge < -0.3 is 19.6 Å². The second kappa shape index (κ2) is 7.86. The fraction of sp³-hybridized carbons (Fsp3) is 0.727. The van der Waals surface area contributed by atoms with Gasteiger partial charge in [0.15, 0.2) is 0 Å². The lowest BCUT2D eigenvalue weighted by Gasteiger charge is -2.17. The molecular weight excluding hydrogens is 254 g/mol. The maximum Gasteiger partial charge on any atom is 0.407 e. The Hall–Kier alpha value is -1.37. The molecule has 0 aromatic heterocycles. The first-order chi connectivity index (χ1) is 8.30. The van der Waals surface area contributed by atoms with Crippen LogP contribution in [-0.2, 0) is 19.1 Å². The molecule has 0 saturated carbocycles. The second-order valence-corrected chi connectivity index (χ2v) is 10.7. The molecule has 0 aliphatic rings. The summed E-state index contributed by atoms with van der Waals surface area (Å²) in [6.45, 7) is 6.81. The number of esters is 1. The highest BCUT2D eigenvalue weighted by atomic mass is 28.3. The fourth-order valence-electron chi connectivity index (χ4n) is 1.09. The number of methoxy groups -OCH3 is 1. The Labute approximate surface area is 108 Å². The van der Waals surface area contributed by atoms with Gasteiger partial charge in [-0.3, -0.25) is 0 Å². The topological polar surface area (TPSA) is 81.7 Å². The Kier molecular flexibility index (Phi) is 7.26. The van der Waals surface area contributed by atoms with E-state index in [4.69, 9.17) is 4.74 Å². The SMILES string of the molecule is COC(=O)C(CC=O)NC(=O)OCC[Si](C)(C)C. The maximum absolute atomic E-state index is 11.4. The van der Waals surface area contributed by atoms with Crippen molar-refractivity contribution in [2.24, 2.45) is 0 Å². The van der Waals surface area contributed by atoms with E-state index in [9.17, 15) is 14.4 Å². The lowest BCUT2D eigenvalue weighted by Crippen LogP contribution is -2.42. The van der Waals surface area contributed by atoms with Crippen molar-refractivity contribution in [2.75, 3.05) is 13.7 Å². The third kappa shape index (κ3) is 7.83. The molecule has 0 bridgehead atoms. The maximum atomic E-state index is 11.4. The normalized spacial score (nSPS) is 12.4. The Morgan fingerprint density at radius 1 is 1.33 bits per heavy atom. The Balaban J connectivity index is 4.10. The summed E-state index contributed by atoms with van der Waals surface area (Å²) in [4.78, 5) is 33.0. The molecule has 18 heavy (non-hydrogen) atoms. The predicted molar refractivity (Wildman–Crippen MR) is 69.1 cm³/mol. The van der Waals surface area contributed by atoms with Gasteiger partial charge in [0.1, 0.15) is 12.3 Å². The van der Waals surface area contributed by atoms with E-state index in [1.54, 1.807) is 0 Å². The molecule has 6 nitrogen and oxygen atoms in total. The average molecular weight is 275 g/mol. The molecule has 1 unspecified atom stereocenters. The smallest absolute Gasteiger partial charge is 0.407 e. The third-order valence-electron chi connectivity index (χ3n) is 2.19. The van der Waals surface area contributed by atoms with Crippen LogP contribution in [0.1, 0.15) is 6.42 Å². The standard InChI is InChI=1S/C11H21NO5Si/c1-16-10(14)9(5-6-13)12-11(15)17-7-8-18(2,3)4/h6,9H,5,7-8H2,1-4H3,(H,12,15). The van der Waals surface area contributed by atoms with E-state index in [-0.39, 0.29) is 6.42 Å². The Morgan fingerprint density at radius 3 is 2.39 bits per heavy atom. The number of aldehydes is 1. The number of hydrogen-bond acceptors (Lipinski definition) is 5. The summed E-state index contributed by atoms with van der Waals surface area (Å²) < 4.78 is 9.41. The molecule has 0 spiro atoms. The predicted octanol–water partition coefficient (Wildman–Crippen LogP) is 1.18.